The minimum Gasteiger partial charge on any atom is -0.492 e. The smallest absolute Gasteiger partial charge is 0.181 e. The molecule has 20 heavy (non-hydrogen) atoms. The lowest BCUT2D eigenvalue weighted by molar-refractivity contribution is 0.342. The first-order valence-electron chi connectivity index (χ1n) is 6.80. The van der Waals surface area contributed by atoms with Gasteiger partial charge in [-0.2, -0.15) is 0 Å². The van der Waals surface area contributed by atoms with E-state index < -0.39 is 0 Å². The van der Waals surface area contributed by atoms with E-state index in [0.717, 1.165) is 22.2 Å². The van der Waals surface area contributed by atoms with Crippen LogP contribution in [-0.4, -0.2) is 31.8 Å². The van der Waals surface area contributed by atoms with E-state index in [0.29, 0.717) is 18.5 Å². The zero-order valence-electron chi connectivity index (χ0n) is 11.1. The maximum atomic E-state index is 5.75. The summed E-state index contributed by atoms with van der Waals surface area (Å²) in [6, 6.07) is 7.56. The third-order valence-electron chi connectivity index (χ3n) is 3.59. The largest absolute Gasteiger partial charge is 0.492 e. The molecule has 101 valence electrons. The number of nitrogens with zero attached hydrogens (tertiary/aromatic N) is 4. The van der Waals surface area contributed by atoms with Gasteiger partial charge in [0.05, 0.1) is 12.1 Å². The molecule has 1 radical (unpaired) electrons. The van der Waals surface area contributed by atoms with E-state index in [1.807, 2.05) is 19.1 Å². The Morgan fingerprint density at radius 3 is 3.05 bits per heavy atom. The van der Waals surface area contributed by atoms with Gasteiger partial charge in [0.1, 0.15) is 5.75 Å². The quantitative estimate of drug-likeness (QED) is 0.788. The van der Waals surface area contributed by atoms with Gasteiger partial charge in [0.2, 0.25) is 0 Å². The summed E-state index contributed by atoms with van der Waals surface area (Å²) >= 11 is 0. The summed E-state index contributed by atoms with van der Waals surface area (Å²) in [4.78, 5) is 0. The van der Waals surface area contributed by atoms with Crippen LogP contribution in [0.2, 0.25) is 0 Å². The van der Waals surface area contributed by atoms with Gasteiger partial charge >= 0.3 is 0 Å². The monoisotopic (exact) mass is 268 g/mol. The van der Waals surface area contributed by atoms with Crippen LogP contribution in [0.1, 0.15) is 25.8 Å². The van der Waals surface area contributed by atoms with Gasteiger partial charge < -0.3 is 9.30 Å². The van der Waals surface area contributed by atoms with Crippen molar-refractivity contribution >= 4 is 10.9 Å². The first kappa shape index (κ1) is 11.5. The lowest BCUT2D eigenvalue weighted by atomic mass is 10.1. The molecule has 2 heterocycles. The van der Waals surface area contributed by atoms with Gasteiger partial charge in [-0.15, -0.1) is 5.10 Å². The molecule has 1 aromatic carbocycles. The first-order chi connectivity index (χ1) is 9.88. The molecule has 1 N–H and O–H groups in total. The van der Waals surface area contributed by atoms with E-state index in [1.165, 1.54) is 12.8 Å². The van der Waals surface area contributed by atoms with Crippen molar-refractivity contribution in [2.75, 3.05) is 6.61 Å². The normalized spacial score (nSPS) is 14.8. The molecule has 1 fully saturated rings. The van der Waals surface area contributed by atoms with Crippen LogP contribution in [0.15, 0.2) is 18.3 Å². The Labute approximate surface area is 115 Å². The molecular weight excluding hydrogens is 254 g/mol. The fraction of sp³-hybridized carbons (Fsp3) is 0.357. The molecule has 0 unspecified atom stereocenters. The number of nitrogens with one attached hydrogen (secondary N) is 1. The van der Waals surface area contributed by atoms with Gasteiger partial charge in [0.15, 0.2) is 5.82 Å². The fourth-order valence-electron chi connectivity index (χ4n) is 2.58. The Hall–Kier alpha value is -2.37. The van der Waals surface area contributed by atoms with Gasteiger partial charge in [0.25, 0.3) is 0 Å². The molecule has 3 aromatic rings. The zero-order chi connectivity index (χ0) is 13.5. The van der Waals surface area contributed by atoms with Crippen LogP contribution in [0.3, 0.4) is 0 Å². The van der Waals surface area contributed by atoms with E-state index in [1.54, 1.807) is 0 Å². The van der Waals surface area contributed by atoms with Crippen molar-refractivity contribution in [2.45, 2.75) is 25.8 Å². The Kier molecular flexibility index (Phi) is 2.48. The highest BCUT2D eigenvalue weighted by Gasteiger charge is 2.28. The number of tetrazole rings is 1. The summed E-state index contributed by atoms with van der Waals surface area (Å²) in [6.07, 6.45) is 4.53. The second-order valence-electron chi connectivity index (χ2n) is 4.95. The van der Waals surface area contributed by atoms with Crippen LogP contribution in [0.5, 0.6) is 5.75 Å². The molecule has 0 spiro atoms. The minimum absolute atomic E-state index is 0.559. The summed E-state index contributed by atoms with van der Waals surface area (Å²) in [5.41, 5.74) is 2.11. The number of H-pyrrole nitrogens is 1. The Morgan fingerprint density at radius 1 is 1.45 bits per heavy atom. The molecule has 6 heteroatoms. The fourth-order valence-corrected chi connectivity index (χ4v) is 2.58. The van der Waals surface area contributed by atoms with Crippen molar-refractivity contribution < 1.29 is 4.74 Å². The molecule has 0 bridgehead atoms. The van der Waals surface area contributed by atoms with Crippen LogP contribution in [0.25, 0.3) is 22.3 Å². The molecule has 0 amide bonds. The second kappa shape index (κ2) is 4.33. The van der Waals surface area contributed by atoms with Gasteiger partial charge in [-0.3, -0.25) is 0 Å². The molecule has 1 saturated carbocycles. The second-order valence-corrected chi connectivity index (χ2v) is 4.95. The SMILES string of the molecule is CCOc1c[c]cc2c(-c3nnn[nH]3)cn(C3CC3)c12. The average Bonchev–Trinajstić information content (AvgIpc) is 3.02. The Morgan fingerprint density at radius 2 is 2.35 bits per heavy atom. The summed E-state index contributed by atoms with van der Waals surface area (Å²) in [5.74, 6) is 1.55. The molecule has 1 aliphatic rings. The number of fused-ring (bicyclic) bond motifs is 1. The van der Waals surface area contributed by atoms with Crippen LogP contribution >= 0.6 is 0 Å². The minimum atomic E-state index is 0.559. The molecule has 6 nitrogen and oxygen atoms in total. The Balaban J connectivity index is 1.99. The molecule has 0 aliphatic heterocycles. The topological polar surface area (TPSA) is 68.6 Å². The van der Waals surface area contributed by atoms with Crippen molar-refractivity contribution in [3.05, 3.63) is 24.4 Å². The van der Waals surface area contributed by atoms with E-state index >= 15 is 0 Å². The van der Waals surface area contributed by atoms with Crippen LogP contribution in [-0.2, 0) is 0 Å². The highest BCUT2D eigenvalue weighted by atomic mass is 16.5. The predicted molar refractivity (Wildman–Crippen MR) is 73.4 cm³/mol. The number of aromatic amines is 1. The van der Waals surface area contributed by atoms with E-state index in [-0.39, 0.29) is 0 Å². The molecule has 0 atom stereocenters. The lowest BCUT2D eigenvalue weighted by Gasteiger charge is -2.08. The van der Waals surface area contributed by atoms with Crippen molar-refractivity contribution in [1.82, 2.24) is 25.2 Å². The third-order valence-corrected chi connectivity index (χ3v) is 3.59. The lowest BCUT2D eigenvalue weighted by Crippen LogP contribution is -1.97. The summed E-state index contributed by atoms with van der Waals surface area (Å²) in [5, 5.41) is 15.2. The highest BCUT2D eigenvalue weighted by Crippen LogP contribution is 2.43. The van der Waals surface area contributed by atoms with Crippen LogP contribution < -0.4 is 4.74 Å². The van der Waals surface area contributed by atoms with Gasteiger partial charge in [0, 0.05) is 23.2 Å². The number of hydrogen-bond donors (Lipinski definition) is 1. The third kappa shape index (κ3) is 1.68. The first-order valence-corrected chi connectivity index (χ1v) is 6.80. The standard InChI is InChI=1S/C14H14N5O/c1-2-20-12-5-3-4-10-11(14-15-17-18-16-14)8-19(13(10)12)9-6-7-9/h4-5,8-9H,2,6-7H2,1H3,(H,15,16,17,18). The summed E-state index contributed by atoms with van der Waals surface area (Å²) in [6.45, 7) is 2.63. The number of ether oxygens (including phenoxy) is 1. The predicted octanol–water partition coefficient (Wildman–Crippen LogP) is 2.36. The number of aromatic nitrogens is 5. The molecule has 2 aromatic heterocycles. The number of hydrogen-bond acceptors (Lipinski definition) is 4. The van der Waals surface area contributed by atoms with Gasteiger partial charge in [-0.1, -0.05) is 0 Å². The average molecular weight is 268 g/mol. The number of rotatable bonds is 4. The maximum absolute atomic E-state index is 5.75. The number of benzene rings is 1. The van der Waals surface area contributed by atoms with Crippen LogP contribution in [0.4, 0.5) is 0 Å². The van der Waals surface area contributed by atoms with Crippen molar-refractivity contribution in [3.63, 3.8) is 0 Å². The molecule has 1 aliphatic carbocycles. The highest BCUT2D eigenvalue weighted by molar-refractivity contribution is 5.97. The van der Waals surface area contributed by atoms with Gasteiger partial charge in [-0.05, 0) is 48.4 Å². The van der Waals surface area contributed by atoms with E-state index in [2.05, 4.69) is 37.5 Å². The molecule has 4 rings (SSSR count). The summed E-state index contributed by atoms with van der Waals surface area (Å²) < 4.78 is 8.04. The van der Waals surface area contributed by atoms with E-state index in [4.69, 9.17) is 4.74 Å². The van der Waals surface area contributed by atoms with Crippen LogP contribution in [0, 0.1) is 6.07 Å². The van der Waals surface area contributed by atoms with Crippen molar-refractivity contribution in [1.29, 1.82) is 0 Å². The van der Waals surface area contributed by atoms with E-state index in [9.17, 15) is 0 Å². The molecule has 0 saturated heterocycles. The maximum Gasteiger partial charge on any atom is 0.181 e. The van der Waals surface area contributed by atoms with Crippen molar-refractivity contribution in [2.24, 2.45) is 0 Å². The van der Waals surface area contributed by atoms with Crippen molar-refractivity contribution in [3.8, 4) is 17.1 Å². The summed E-state index contributed by atoms with van der Waals surface area (Å²) in [7, 11) is 0. The van der Waals surface area contributed by atoms with Gasteiger partial charge in [-0.25, -0.2) is 5.10 Å². The molecular formula is C14H14N5O. The Bertz CT molecular complexity index is 742. The zero-order valence-corrected chi connectivity index (χ0v) is 11.1.